The van der Waals surface area contributed by atoms with Crippen LogP contribution in [0.3, 0.4) is 0 Å². The normalized spacial score (nSPS) is 17.4. The molecule has 8 heteroatoms. The van der Waals surface area contributed by atoms with E-state index in [4.69, 9.17) is 10.5 Å². The summed E-state index contributed by atoms with van der Waals surface area (Å²) in [5.41, 5.74) is 6.83. The van der Waals surface area contributed by atoms with E-state index in [1.165, 1.54) is 23.5 Å². The van der Waals surface area contributed by atoms with Crippen LogP contribution in [0.5, 0.6) is 0 Å². The maximum Gasteiger partial charge on any atom is 0.273 e. The number of aromatic nitrogens is 1. The number of carbonyl (C=O) groups excluding carboxylic acids is 1. The fourth-order valence-corrected chi connectivity index (χ4v) is 3.31. The molecule has 130 valence electrons. The van der Waals surface area contributed by atoms with Gasteiger partial charge in [-0.05, 0) is 24.2 Å². The Hall–Kier alpha value is -1.54. The summed E-state index contributed by atoms with van der Waals surface area (Å²) in [6.07, 6.45) is 0.439. The molecule has 0 saturated carbocycles. The van der Waals surface area contributed by atoms with Crippen molar-refractivity contribution in [2.45, 2.75) is 12.5 Å². The van der Waals surface area contributed by atoms with E-state index in [1.807, 2.05) is 0 Å². The van der Waals surface area contributed by atoms with Crippen LogP contribution in [-0.2, 0) is 11.2 Å². The summed E-state index contributed by atoms with van der Waals surface area (Å²) in [5, 5.41) is 2.65. The molecule has 1 amide bonds. The lowest BCUT2D eigenvalue weighted by Crippen LogP contribution is -2.42. The summed E-state index contributed by atoms with van der Waals surface area (Å²) in [7, 11) is 0. The van der Waals surface area contributed by atoms with Crippen molar-refractivity contribution < 1.29 is 13.9 Å². The van der Waals surface area contributed by atoms with Crippen molar-refractivity contribution in [2.24, 2.45) is 5.73 Å². The highest BCUT2D eigenvalue weighted by Crippen LogP contribution is 2.24. The second-order valence-electron chi connectivity index (χ2n) is 5.33. The molecule has 2 aromatic rings. The Morgan fingerprint density at radius 1 is 1.42 bits per heavy atom. The highest BCUT2D eigenvalue weighted by molar-refractivity contribution is 7.09. The number of nitrogens with zero attached hydrogens (tertiary/aromatic N) is 2. The summed E-state index contributed by atoms with van der Waals surface area (Å²) in [6, 6.07) is 6.18. The molecule has 3 rings (SSSR count). The van der Waals surface area contributed by atoms with Gasteiger partial charge in [0, 0.05) is 18.3 Å². The molecule has 5 nitrogen and oxygen atoms in total. The monoisotopic (exact) mass is 371 g/mol. The zero-order valence-electron chi connectivity index (χ0n) is 13.0. The smallest absolute Gasteiger partial charge is 0.273 e. The number of hydrogen-bond acceptors (Lipinski definition) is 5. The molecule has 0 aliphatic carbocycles. The zero-order chi connectivity index (χ0) is 16.2. The molecule has 1 aliphatic heterocycles. The Morgan fingerprint density at radius 3 is 2.88 bits per heavy atom. The van der Waals surface area contributed by atoms with Crippen LogP contribution in [0.4, 0.5) is 4.39 Å². The zero-order valence-corrected chi connectivity index (χ0v) is 14.6. The van der Waals surface area contributed by atoms with Crippen LogP contribution in [0.1, 0.15) is 27.2 Å². The van der Waals surface area contributed by atoms with Gasteiger partial charge in [-0.15, -0.1) is 23.7 Å². The first-order chi connectivity index (χ1) is 11.2. The van der Waals surface area contributed by atoms with E-state index < -0.39 is 0 Å². The first-order valence-corrected chi connectivity index (χ1v) is 8.36. The van der Waals surface area contributed by atoms with E-state index in [-0.39, 0.29) is 30.2 Å². The van der Waals surface area contributed by atoms with E-state index in [9.17, 15) is 9.18 Å². The Balaban J connectivity index is 0.00000208. The van der Waals surface area contributed by atoms with Crippen LogP contribution in [-0.4, -0.2) is 42.0 Å². The molecule has 2 heterocycles. The molecule has 2 N–H and O–H groups in total. The molecule has 1 fully saturated rings. The highest BCUT2D eigenvalue weighted by atomic mass is 35.5. The van der Waals surface area contributed by atoms with E-state index in [2.05, 4.69) is 4.98 Å². The van der Waals surface area contributed by atoms with Crippen molar-refractivity contribution >= 4 is 29.7 Å². The van der Waals surface area contributed by atoms with E-state index >= 15 is 0 Å². The van der Waals surface area contributed by atoms with Gasteiger partial charge in [-0.25, -0.2) is 9.37 Å². The number of carbonyl (C=O) groups is 1. The molecular weight excluding hydrogens is 353 g/mol. The summed E-state index contributed by atoms with van der Waals surface area (Å²) in [6.45, 7) is 1.94. The van der Waals surface area contributed by atoms with Gasteiger partial charge in [0.1, 0.15) is 17.6 Å². The molecule has 0 bridgehead atoms. The first-order valence-electron chi connectivity index (χ1n) is 7.48. The molecule has 1 aromatic carbocycles. The Bertz CT molecular complexity index is 680. The van der Waals surface area contributed by atoms with Crippen LogP contribution in [0.2, 0.25) is 0 Å². The quantitative estimate of drug-likeness (QED) is 0.896. The van der Waals surface area contributed by atoms with Gasteiger partial charge in [0.25, 0.3) is 5.91 Å². The minimum absolute atomic E-state index is 0. The standard InChI is InChI=1S/C16H18FN3O2S.ClH/c17-12-3-1-11(2-4-12)14-9-20(7-8-22-14)16(21)13-10-23-15(19-13)5-6-18;/h1-4,10,14H,5-9,18H2;1H. The number of morpholine rings is 1. The van der Waals surface area contributed by atoms with Gasteiger partial charge in [0.2, 0.25) is 0 Å². The van der Waals surface area contributed by atoms with Crippen LogP contribution >= 0.6 is 23.7 Å². The maximum absolute atomic E-state index is 13.0. The summed E-state index contributed by atoms with van der Waals surface area (Å²) in [4.78, 5) is 18.6. The number of ether oxygens (including phenoxy) is 1. The van der Waals surface area contributed by atoms with Crippen LogP contribution in [0.15, 0.2) is 29.6 Å². The van der Waals surface area contributed by atoms with Crippen molar-refractivity contribution in [1.29, 1.82) is 0 Å². The lowest BCUT2D eigenvalue weighted by atomic mass is 10.1. The molecule has 1 saturated heterocycles. The lowest BCUT2D eigenvalue weighted by Gasteiger charge is -2.32. The average Bonchev–Trinajstić information content (AvgIpc) is 3.04. The van der Waals surface area contributed by atoms with Gasteiger partial charge in [-0.3, -0.25) is 4.79 Å². The van der Waals surface area contributed by atoms with Gasteiger partial charge in [0.05, 0.1) is 18.2 Å². The van der Waals surface area contributed by atoms with E-state index in [1.54, 1.807) is 22.4 Å². The summed E-state index contributed by atoms with van der Waals surface area (Å²) >= 11 is 1.45. The van der Waals surface area contributed by atoms with Gasteiger partial charge in [0.15, 0.2) is 0 Å². The molecule has 24 heavy (non-hydrogen) atoms. The SMILES string of the molecule is Cl.NCCc1nc(C(=O)N2CCOC(c3ccc(F)cc3)C2)cs1. The minimum atomic E-state index is -0.285. The van der Waals surface area contributed by atoms with E-state index in [0.717, 1.165) is 10.6 Å². The van der Waals surface area contributed by atoms with E-state index in [0.29, 0.717) is 38.4 Å². The van der Waals surface area contributed by atoms with Crippen molar-refractivity contribution in [3.8, 4) is 0 Å². The van der Waals surface area contributed by atoms with Gasteiger partial charge in [-0.2, -0.15) is 0 Å². The lowest BCUT2D eigenvalue weighted by molar-refractivity contribution is -0.0230. The van der Waals surface area contributed by atoms with Crippen molar-refractivity contribution in [3.05, 3.63) is 51.7 Å². The van der Waals surface area contributed by atoms with Gasteiger partial charge >= 0.3 is 0 Å². The number of halogens is 2. The molecule has 1 aliphatic rings. The van der Waals surface area contributed by atoms with Gasteiger partial charge < -0.3 is 15.4 Å². The molecule has 0 radical (unpaired) electrons. The Labute approximate surface area is 150 Å². The third kappa shape index (κ3) is 4.30. The number of rotatable bonds is 4. The molecule has 1 unspecified atom stereocenters. The van der Waals surface area contributed by atoms with Crippen LogP contribution < -0.4 is 5.73 Å². The fraction of sp³-hybridized carbons (Fsp3) is 0.375. The second-order valence-corrected chi connectivity index (χ2v) is 6.27. The minimum Gasteiger partial charge on any atom is -0.370 e. The molecule has 1 aromatic heterocycles. The molecule has 1 atom stereocenters. The van der Waals surface area contributed by atoms with Crippen LogP contribution in [0, 0.1) is 5.82 Å². The third-order valence-corrected chi connectivity index (χ3v) is 4.63. The number of benzene rings is 1. The van der Waals surface area contributed by atoms with Crippen molar-refractivity contribution in [3.63, 3.8) is 0 Å². The number of hydrogen-bond donors (Lipinski definition) is 1. The second kappa shape index (κ2) is 8.53. The van der Waals surface area contributed by atoms with Gasteiger partial charge in [-0.1, -0.05) is 12.1 Å². The maximum atomic E-state index is 13.0. The predicted molar refractivity (Wildman–Crippen MR) is 93.1 cm³/mol. The Kier molecular flexibility index (Phi) is 6.68. The number of thiazole rings is 1. The summed E-state index contributed by atoms with van der Waals surface area (Å²) < 4.78 is 18.7. The number of nitrogens with two attached hydrogens (primary N) is 1. The predicted octanol–water partition coefficient (Wildman–Crippen LogP) is 2.42. The average molecular weight is 372 g/mol. The first kappa shape index (κ1) is 18.8. The topological polar surface area (TPSA) is 68.5 Å². The van der Waals surface area contributed by atoms with Crippen molar-refractivity contribution in [2.75, 3.05) is 26.2 Å². The molecule has 0 spiro atoms. The van der Waals surface area contributed by atoms with Crippen molar-refractivity contribution in [1.82, 2.24) is 9.88 Å². The Morgan fingerprint density at radius 2 is 2.17 bits per heavy atom. The summed E-state index contributed by atoms with van der Waals surface area (Å²) in [5.74, 6) is -0.382. The third-order valence-electron chi connectivity index (χ3n) is 3.72. The highest BCUT2D eigenvalue weighted by Gasteiger charge is 2.27. The number of amides is 1. The largest absolute Gasteiger partial charge is 0.370 e. The fourth-order valence-electron chi connectivity index (χ4n) is 2.52. The molecular formula is C16H19ClFN3O2S. The van der Waals surface area contributed by atoms with Crippen LogP contribution in [0.25, 0.3) is 0 Å².